The average molecular weight is 305 g/mol. The maximum absolute atomic E-state index is 11.0. The number of rotatable bonds is 4. The zero-order valence-electron chi connectivity index (χ0n) is 11.8. The number of nitrogens with zero attached hydrogens (tertiary/aromatic N) is 6. The van der Waals surface area contributed by atoms with Gasteiger partial charge in [-0.05, 0) is 35.1 Å². The van der Waals surface area contributed by atoms with Gasteiger partial charge in [0.15, 0.2) is 5.52 Å². The van der Waals surface area contributed by atoms with Crippen molar-refractivity contribution in [3.8, 4) is 0 Å². The molecule has 0 saturated carbocycles. The molecule has 0 amide bonds. The fourth-order valence-corrected chi connectivity index (χ4v) is 2.76. The molecule has 116 valence electrons. The fraction of sp³-hybridized carbons (Fsp3) is 0.500. The molecule has 2 N–H and O–H groups in total. The number of non-ortho nitro benzene ring substituents is 1. The lowest BCUT2D eigenvalue weighted by Gasteiger charge is -2.32. The smallest absolute Gasteiger partial charge is 0.300 e. The van der Waals surface area contributed by atoms with Gasteiger partial charge in [-0.1, -0.05) is 5.22 Å². The zero-order chi connectivity index (χ0) is 15.5. The molecule has 1 fully saturated rings. The van der Waals surface area contributed by atoms with E-state index in [2.05, 4.69) is 30.2 Å². The number of nitro benzene ring substituents is 1. The predicted molar refractivity (Wildman–Crippen MR) is 77.3 cm³/mol. The topological polar surface area (TPSA) is 136 Å². The average Bonchev–Trinajstić information content (AvgIpc) is 3.02. The maximum atomic E-state index is 11.0. The third-order valence-corrected chi connectivity index (χ3v) is 3.95. The van der Waals surface area contributed by atoms with Crippen molar-refractivity contribution in [2.45, 2.75) is 12.8 Å². The standard InChI is InChI=1S/C12H15N7O3/c13-17-14-7-8-3-5-18(6-4-8)9-1-2-10(19(20)21)12-11(9)15-22-16-12/h1-2,8H,3-7H2,(H2,13,14). The van der Waals surface area contributed by atoms with E-state index in [4.69, 9.17) is 5.84 Å². The van der Waals surface area contributed by atoms with Crippen molar-refractivity contribution in [3.63, 3.8) is 0 Å². The number of fused-ring (bicyclic) bond motifs is 1. The Morgan fingerprint density at radius 3 is 2.77 bits per heavy atom. The van der Waals surface area contributed by atoms with E-state index in [1.165, 1.54) is 6.07 Å². The second-order valence-corrected chi connectivity index (χ2v) is 5.19. The molecule has 0 spiro atoms. The van der Waals surface area contributed by atoms with Gasteiger partial charge in [0.1, 0.15) is 0 Å². The molecule has 22 heavy (non-hydrogen) atoms. The van der Waals surface area contributed by atoms with Crippen molar-refractivity contribution in [1.29, 1.82) is 0 Å². The summed E-state index contributed by atoms with van der Waals surface area (Å²) in [5.74, 6) is 5.47. The monoisotopic (exact) mass is 305 g/mol. The van der Waals surface area contributed by atoms with Crippen LogP contribution in [0.3, 0.4) is 0 Å². The van der Waals surface area contributed by atoms with E-state index in [1.54, 1.807) is 6.07 Å². The molecule has 1 aliphatic rings. The minimum absolute atomic E-state index is 0.0988. The van der Waals surface area contributed by atoms with Crippen LogP contribution in [0.4, 0.5) is 11.4 Å². The van der Waals surface area contributed by atoms with Crippen LogP contribution in [0.2, 0.25) is 0 Å². The number of piperidine rings is 1. The van der Waals surface area contributed by atoms with Crippen LogP contribution in [0.5, 0.6) is 0 Å². The van der Waals surface area contributed by atoms with Crippen molar-refractivity contribution < 1.29 is 9.55 Å². The molecule has 0 unspecified atom stereocenters. The summed E-state index contributed by atoms with van der Waals surface area (Å²) >= 11 is 0. The highest BCUT2D eigenvalue weighted by atomic mass is 16.6. The molecule has 2 aromatic rings. The highest BCUT2D eigenvalue weighted by Crippen LogP contribution is 2.33. The van der Waals surface area contributed by atoms with Gasteiger partial charge in [0.25, 0.3) is 0 Å². The molecule has 10 heteroatoms. The van der Waals surface area contributed by atoms with Gasteiger partial charge in [0.2, 0.25) is 5.52 Å². The van der Waals surface area contributed by atoms with E-state index in [-0.39, 0.29) is 11.2 Å². The Labute approximate surface area is 125 Å². The Kier molecular flexibility index (Phi) is 3.81. The van der Waals surface area contributed by atoms with Gasteiger partial charge in [0.05, 0.1) is 17.2 Å². The van der Waals surface area contributed by atoms with Gasteiger partial charge >= 0.3 is 5.69 Å². The third kappa shape index (κ3) is 2.54. The largest absolute Gasteiger partial charge is 0.370 e. The first-order valence-corrected chi connectivity index (χ1v) is 6.92. The molecule has 1 aromatic carbocycles. The molecule has 1 aliphatic heterocycles. The molecule has 3 rings (SSSR count). The number of nitrogens with two attached hydrogens (primary N) is 1. The van der Waals surface area contributed by atoms with E-state index in [0.717, 1.165) is 31.6 Å². The second kappa shape index (κ2) is 5.92. The van der Waals surface area contributed by atoms with Crippen molar-refractivity contribution in [1.82, 2.24) is 10.3 Å². The van der Waals surface area contributed by atoms with Crippen LogP contribution in [-0.2, 0) is 0 Å². The number of hydrogen-bond donors (Lipinski definition) is 1. The summed E-state index contributed by atoms with van der Waals surface area (Å²) in [4.78, 5) is 12.6. The van der Waals surface area contributed by atoms with Gasteiger partial charge < -0.3 is 10.7 Å². The SMILES string of the molecule is NN=NCC1CCN(c2ccc([N+](=O)[O-])c3nonc23)CC1. The van der Waals surface area contributed by atoms with E-state index in [0.29, 0.717) is 18.0 Å². The summed E-state index contributed by atoms with van der Waals surface area (Å²) in [5, 5.41) is 25.6. The summed E-state index contributed by atoms with van der Waals surface area (Å²) in [6.45, 7) is 2.25. The van der Waals surface area contributed by atoms with E-state index < -0.39 is 4.92 Å². The van der Waals surface area contributed by atoms with Crippen LogP contribution in [0.25, 0.3) is 11.0 Å². The number of anilines is 1. The van der Waals surface area contributed by atoms with Crippen molar-refractivity contribution >= 4 is 22.4 Å². The lowest BCUT2D eigenvalue weighted by molar-refractivity contribution is -0.383. The number of nitro groups is 1. The van der Waals surface area contributed by atoms with Crippen LogP contribution in [0, 0.1) is 16.0 Å². The van der Waals surface area contributed by atoms with Crippen LogP contribution in [0.15, 0.2) is 27.1 Å². The molecule has 2 heterocycles. The molecule has 0 bridgehead atoms. The zero-order valence-corrected chi connectivity index (χ0v) is 11.8. The van der Waals surface area contributed by atoms with Crippen LogP contribution in [0.1, 0.15) is 12.8 Å². The first-order chi connectivity index (χ1) is 10.7. The van der Waals surface area contributed by atoms with E-state index in [9.17, 15) is 10.1 Å². The summed E-state index contributed by atoms with van der Waals surface area (Å²) in [6, 6.07) is 3.14. The predicted octanol–water partition coefficient (Wildman–Crippen LogP) is 1.67. The normalized spacial score (nSPS) is 16.6. The Hall–Kier alpha value is -2.78. The van der Waals surface area contributed by atoms with Gasteiger partial charge in [0, 0.05) is 19.2 Å². The number of aromatic nitrogens is 2. The quantitative estimate of drug-likeness (QED) is 0.392. The lowest BCUT2D eigenvalue weighted by Crippen LogP contribution is -2.34. The third-order valence-electron chi connectivity index (χ3n) is 3.95. The number of benzene rings is 1. The molecule has 10 nitrogen and oxygen atoms in total. The molecule has 1 saturated heterocycles. The molecular formula is C12H15N7O3. The summed E-state index contributed by atoms with van der Waals surface area (Å²) in [6.07, 6.45) is 1.89. The Morgan fingerprint density at radius 2 is 2.09 bits per heavy atom. The highest BCUT2D eigenvalue weighted by Gasteiger charge is 2.25. The summed E-state index contributed by atoms with van der Waals surface area (Å²) in [5.41, 5.74) is 1.31. The van der Waals surface area contributed by atoms with Crippen molar-refractivity contribution in [2.75, 3.05) is 24.5 Å². The van der Waals surface area contributed by atoms with Crippen molar-refractivity contribution in [2.24, 2.45) is 22.1 Å². The molecular weight excluding hydrogens is 290 g/mol. The van der Waals surface area contributed by atoms with Crippen LogP contribution < -0.4 is 10.7 Å². The molecule has 0 atom stereocenters. The fourth-order valence-electron chi connectivity index (χ4n) is 2.76. The van der Waals surface area contributed by atoms with Gasteiger partial charge in [-0.15, -0.1) is 0 Å². The maximum Gasteiger partial charge on any atom is 0.300 e. The minimum Gasteiger partial charge on any atom is -0.370 e. The van der Waals surface area contributed by atoms with Gasteiger partial charge in [-0.3, -0.25) is 10.1 Å². The lowest BCUT2D eigenvalue weighted by atomic mass is 9.96. The van der Waals surface area contributed by atoms with Crippen LogP contribution in [-0.4, -0.2) is 34.9 Å². The van der Waals surface area contributed by atoms with Crippen LogP contribution >= 0.6 is 0 Å². The Morgan fingerprint density at radius 1 is 1.36 bits per heavy atom. The van der Waals surface area contributed by atoms with Crippen molar-refractivity contribution in [3.05, 3.63) is 22.2 Å². The Bertz CT molecular complexity index is 706. The first-order valence-electron chi connectivity index (χ1n) is 6.92. The molecule has 0 radical (unpaired) electrons. The van der Waals surface area contributed by atoms with E-state index in [1.807, 2.05) is 0 Å². The van der Waals surface area contributed by atoms with Gasteiger partial charge in [-0.2, -0.15) is 5.11 Å². The molecule has 1 aromatic heterocycles. The van der Waals surface area contributed by atoms with E-state index >= 15 is 0 Å². The molecule has 0 aliphatic carbocycles. The summed E-state index contributed by atoms with van der Waals surface area (Å²) < 4.78 is 4.69. The first kappa shape index (κ1) is 14.2. The minimum atomic E-state index is -0.486. The Balaban J connectivity index is 1.82. The van der Waals surface area contributed by atoms with Gasteiger partial charge in [-0.25, -0.2) is 4.63 Å². The second-order valence-electron chi connectivity index (χ2n) is 5.19. The summed E-state index contributed by atoms with van der Waals surface area (Å²) in [7, 11) is 0. The number of hydrogen-bond acceptors (Lipinski definition) is 8. The highest BCUT2D eigenvalue weighted by molar-refractivity contribution is 5.93.